The summed E-state index contributed by atoms with van der Waals surface area (Å²) in [5.41, 5.74) is 1.18. The van der Waals surface area contributed by atoms with Gasteiger partial charge in [-0.1, -0.05) is 0 Å². The zero-order chi connectivity index (χ0) is 11.4. The molecule has 0 amide bonds. The Kier molecular flexibility index (Phi) is 3.69. The van der Waals surface area contributed by atoms with Crippen molar-refractivity contribution in [2.45, 2.75) is 13.0 Å². The fourth-order valence-corrected chi connectivity index (χ4v) is 1.49. The fraction of sp³-hybridized carbons (Fsp3) is 0.200. The number of anilines is 1. The maximum Gasteiger partial charge on any atom is 0.325 e. The van der Waals surface area contributed by atoms with Gasteiger partial charge in [0.1, 0.15) is 6.04 Å². The molecule has 0 saturated heterocycles. The average Bonchev–Trinajstić information content (AvgIpc) is 2.20. The van der Waals surface area contributed by atoms with Crippen molar-refractivity contribution in [3.8, 4) is 6.07 Å². The SMILES string of the molecule is CC(Nc1ccc(C#N)cc1Br)C(=O)O. The molecule has 1 atom stereocenters. The van der Waals surface area contributed by atoms with Crippen LogP contribution >= 0.6 is 15.9 Å². The minimum Gasteiger partial charge on any atom is -0.480 e. The number of nitrogens with one attached hydrogen (secondary N) is 1. The van der Waals surface area contributed by atoms with Crippen molar-refractivity contribution in [1.29, 1.82) is 5.26 Å². The van der Waals surface area contributed by atoms with Gasteiger partial charge < -0.3 is 10.4 Å². The second kappa shape index (κ2) is 4.80. The number of carboxylic acids is 1. The number of carbonyl (C=O) groups is 1. The molecule has 1 rings (SSSR count). The molecular formula is C10H9BrN2O2. The fourth-order valence-electron chi connectivity index (χ4n) is 0.997. The highest BCUT2D eigenvalue weighted by molar-refractivity contribution is 9.10. The summed E-state index contributed by atoms with van der Waals surface area (Å²) in [5, 5.41) is 20.1. The lowest BCUT2D eigenvalue weighted by Gasteiger charge is -2.12. The van der Waals surface area contributed by atoms with E-state index in [1.165, 1.54) is 0 Å². The van der Waals surface area contributed by atoms with Crippen LogP contribution in [0.2, 0.25) is 0 Å². The quantitative estimate of drug-likeness (QED) is 0.882. The molecule has 1 aromatic carbocycles. The molecule has 0 aromatic heterocycles. The highest BCUT2D eigenvalue weighted by Crippen LogP contribution is 2.23. The van der Waals surface area contributed by atoms with Crippen molar-refractivity contribution in [2.75, 3.05) is 5.32 Å². The van der Waals surface area contributed by atoms with Gasteiger partial charge >= 0.3 is 5.97 Å². The Hall–Kier alpha value is -1.54. The molecule has 0 fully saturated rings. The molecule has 0 bridgehead atoms. The van der Waals surface area contributed by atoms with E-state index in [1.807, 2.05) is 6.07 Å². The van der Waals surface area contributed by atoms with E-state index < -0.39 is 12.0 Å². The van der Waals surface area contributed by atoms with Crippen LogP contribution in [0.15, 0.2) is 22.7 Å². The number of hydrogen-bond donors (Lipinski definition) is 2. The third kappa shape index (κ3) is 2.96. The highest BCUT2D eigenvalue weighted by Gasteiger charge is 2.11. The van der Waals surface area contributed by atoms with Crippen molar-refractivity contribution in [3.63, 3.8) is 0 Å². The number of halogens is 1. The lowest BCUT2D eigenvalue weighted by molar-refractivity contribution is -0.137. The molecule has 5 heteroatoms. The van der Waals surface area contributed by atoms with E-state index >= 15 is 0 Å². The van der Waals surface area contributed by atoms with Crippen molar-refractivity contribution >= 4 is 27.6 Å². The molecule has 1 aromatic rings. The van der Waals surface area contributed by atoms with Crippen LogP contribution in [0.4, 0.5) is 5.69 Å². The van der Waals surface area contributed by atoms with Crippen molar-refractivity contribution < 1.29 is 9.90 Å². The number of nitrogens with zero attached hydrogens (tertiary/aromatic N) is 1. The van der Waals surface area contributed by atoms with E-state index in [-0.39, 0.29) is 0 Å². The van der Waals surface area contributed by atoms with E-state index in [1.54, 1.807) is 25.1 Å². The van der Waals surface area contributed by atoms with E-state index in [9.17, 15) is 4.79 Å². The lowest BCUT2D eigenvalue weighted by Crippen LogP contribution is -2.25. The first kappa shape index (κ1) is 11.5. The molecule has 0 saturated carbocycles. The van der Waals surface area contributed by atoms with Crippen molar-refractivity contribution in [1.82, 2.24) is 0 Å². The summed E-state index contributed by atoms with van der Waals surface area (Å²) in [6.07, 6.45) is 0. The van der Waals surface area contributed by atoms with Crippen LogP contribution in [-0.4, -0.2) is 17.1 Å². The van der Waals surface area contributed by atoms with Gasteiger partial charge in [0.2, 0.25) is 0 Å². The van der Waals surface area contributed by atoms with E-state index in [4.69, 9.17) is 10.4 Å². The third-order valence-corrected chi connectivity index (χ3v) is 2.50. The normalized spacial score (nSPS) is 11.5. The number of aliphatic carboxylic acids is 1. The maximum absolute atomic E-state index is 10.6. The van der Waals surface area contributed by atoms with Gasteiger partial charge in [-0.05, 0) is 41.1 Å². The summed E-state index contributed by atoms with van der Waals surface area (Å²) in [4.78, 5) is 10.6. The molecular weight excluding hydrogens is 260 g/mol. The number of carboxylic acid groups (broad SMARTS) is 1. The van der Waals surface area contributed by atoms with Crippen LogP contribution in [0.25, 0.3) is 0 Å². The van der Waals surface area contributed by atoms with Crippen LogP contribution in [-0.2, 0) is 4.79 Å². The molecule has 1 unspecified atom stereocenters. The molecule has 2 N–H and O–H groups in total. The minimum atomic E-state index is -0.925. The van der Waals surface area contributed by atoms with Gasteiger partial charge in [0.15, 0.2) is 0 Å². The first-order valence-corrected chi connectivity index (χ1v) is 5.03. The molecule has 0 aliphatic heterocycles. The lowest BCUT2D eigenvalue weighted by atomic mass is 10.2. The van der Waals surface area contributed by atoms with Gasteiger partial charge in [-0.3, -0.25) is 4.79 Å². The van der Waals surface area contributed by atoms with Gasteiger partial charge in [-0.25, -0.2) is 0 Å². The minimum absolute atomic E-state index is 0.524. The Labute approximate surface area is 95.7 Å². The average molecular weight is 269 g/mol. The predicted octanol–water partition coefficient (Wildman–Crippen LogP) is 2.21. The Morgan fingerprint density at radius 2 is 2.33 bits per heavy atom. The predicted molar refractivity (Wildman–Crippen MR) is 59.6 cm³/mol. The summed E-state index contributed by atoms with van der Waals surface area (Å²) in [5.74, 6) is -0.925. The molecule has 0 spiro atoms. The maximum atomic E-state index is 10.6. The molecule has 0 radical (unpaired) electrons. The van der Waals surface area contributed by atoms with Crippen LogP contribution in [0.1, 0.15) is 12.5 Å². The van der Waals surface area contributed by atoms with Gasteiger partial charge in [0.05, 0.1) is 11.6 Å². The Morgan fingerprint density at radius 1 is 1.67 bits per heavy atom. The van der Waals surface area contributed by atoms with Gasteiger partial charge in [-0.2, -0.15) is 5.26 Å². The van der Waals surface area contributed by atoms with Gasteiger partial charge in [0, 0.05) is 10.2 Å². The first-order chi connectivity index (χ1) is 7.04. The summed E-state index contributed by atoms with van der Waals surface area (Å²) >= 11 is 3.26. The number of nitriles is 1. The van der Waals surface area contributed by atoms with E-state index in [2.05, 4.69) is 21.2 Å². The number of hydrogen-bond acceptors (Lipinski definition) is 3. The summed E-state index contributed by atoms with van der Waals surface area (Å²) < 4.78 is 0.676. The van der Waals surface area contributed by atoms with Crippen molar-refractivity contribution in [2.24, 2.45) is 0 Å². The number of benzene rings is 1. The molecule has 0 aliphatic carbocycles. The Bertz CT molecular complexity index is 426. The first-order valence-electron chi connectivity index (χ1n) is 4.23. The second-order valence-electron chi connectivity index (χ2n) is 3.01. The van der Waals surface area contributed by atoms with Gasteiger partial charge in [0.25, 0.3) is 0 Å². The van der Waals surface area contributed by atoms with E-state index in [0.29, 0.717) is 15.7 Å². The summed E-state index contributed by atoms with van der Waals surface area (Å²) in [7, 11) is 0. The van der Waals surface area contributed by atoms with Gasteiger partial charge in [-0.15, -0.1) is 0 Å². The van der Waals surface area contributed by atoms with Crippen LogP contribution in [0.3, 0.4) is 0 Å². The van der Waals surface area contributed by atoms with E-state index in [0.717, 1.165) is 0 Å². The molecule has 15 heavy (non-hydrogen) atoms. The molecule has 0 heterocycles. The van der Waals surface area contributed by atoms with Crippen LogP contribution in [0.5, 0.6) is 0 Å². The molecule has 78 valence electrons. The highest BCUT2D eigenvalue weighted by atomic mass is 79.9. The largest absolute Gasteiger partial charge is 0.480 e. The zero-order valence-electron chi connectivity index (χ0n) is 7.99. The Balaban J connectivity index is 2.88. The van der Waals surface area contributed by atoms with Crippen molar-refractivity contribution in [3.05, 3.63) is 28.2 Å². The van der Waals surface area contributed by atoms with Crippen LogP contribution in [0, 0.1) is 11.3 Å². The van der Waals surface area contributed by atoms with Crippen LogP contribution < -0.4 is 5.32 Å². The number of rotatable bonds is 3. The smallest absolute Gasteiger partial charge is 0.325 e. The Morgan fingerprint density at radius 3 is 2.80 bits per heavy atom. The monoisotopic (exact) mass is 268 g/mol. The second-order valence-corrected chi connectivity index (χ2v) is 3.87. The molecule has 4 nitrogen and oxygen atoms in total. The summed E-state index contributed by atoms with van der Waals surface area (Å²) in [6.45, 7) is 1.55. The summed E-state index contributed by atoms with van der Waals surface area (Å²) in [6, 6.07) is 6.26. The standard InChI is InChI=1S/C10H9BrN2O2/c1-6(10(14)15)13-9-3-2-7(5-12)4-8(9)11/h2-4,6,13H,1H3,(H,14,15). The molecule has 0 aliphatic rings. The third-order valence-electron chi connectivity index (χ3n) is 1.84. The zero-order valence-corrected chi connectivity index (χ0v) is 9.58. The topological polar surface area (TPSA) is 73.1 Å².